The van der Waals surface area contributed by atoms with Crippen LogP contribution in [-0.4, -0.2) is 28.1 Å². The number of methoxy groups -OCH3 is 1. The molecule has 0 aliphatic rings. The first-order chi connectivity index (χ1) is 8.77. The van der Waals surface area contributed by atoms with Crippen LogP contribution in [0.1, 0.15) is 24.5 Å². The van der Waals surface area contributed by atoms with E-state index < -0.39 is 10.0 Å². The first-order valence-electron chi connectivity index (χ1n) is 6.18. The van der Waals surface area contributed by atoms with Crippen LogP contribution < -0.4 is 15.2 Å². The Labute approximate surface area is 127 Å². The molecule has 20 heavy (non-hydrogen) atoms. The number of rotatable bonds is 6. The van der Waals surface area contributed by atoms with E-state index in [4.69, 9.17) is 10.5 Å². The molecule has 0 aromatic heterocycles. The first kappa shape index (κ1) is 19.2. The highest BCUT2D eigenvalue weighted by Crippen LogP contribution is 2.26. The summed E-state index contributed by atoms with van der Waals surface area (Å²) in [6, 6.07) is 3.20. The average Bonchev–Trinajstić information content (AvgIpc) is 2.27. The number of nitrogens with two attached hydrogens (primary N) is 1. The standard InChI is InChI=1S/C13H22N2O3S.ClH/c1-9-7-12(8-10(2)13(9)18-4)19(16,17)15-6-5-11(3)14;/h7-8,11,15H,5-6,14H2,1-4H3;1H. The summed E-state index contributed by atoms with van der Waals surface area (Å²) in [6.45, 7) is 5.83. The number of halogens is 1. The molecule has 1 unspecified atom stereocenters. The maximum absolute atomic E-state index is 12.1. The van der Waals surface area contributed by atoms with Gasteiger partial charge in [0.1, 0.15) is 5.75 Å². The number of aryl methyl sites for hydroxylation is 2. The van der Waals surface area contributed by atoms with Gasteiger partial charge in [-0.15, -0.1) is 12.4 Å². The van der Waals surface area contributed by atoms with Crippen LogP contribution in [0.5, 0.6) is 5.75 Å². The fourth-order valence-electron chi connectivity index (χ4n) is 1.89. The Hall–Kier alpha value is -0.820. The SMILES string of the molecule is COc1c(C)cc(S(=O)(=O)NCCC(C)N)cc1C.Cl. The number of nitrogens with one attached hydrogen (secondary N) is 1. The molecule has 0 aliphatic carbocycles. The van der Waals surface area contributed by atoms with Gasteiger partial charge in [-0.1, -0.05) is 0 Å². The summed E-state index contributed by atoms with van der Waals surface area (Å²) in [5, 5.41) is 0. The van der Waals surface area contributed by atoms with Crippen molar-refractivity contribution in [3.63, 3.8) is 0 Å². The summed E-state index contributed by atoms with van der Waals surface area (Å²) < 4.78 is 32.0. The summed E-state index contributed by atoms with van der Waals surface area (Å²) in [6.07, 6.45) is 0.605. The molecule has 5 nitrogen and oxygen atoms in total. The highest BCUT2D eigenvalue weighted by Gasteiger charge is 2.16. The molecule has 0 bridgehead atoms. The minimum Gasteiger partial charge on any atom is -0.496 e. The van der Waals surface area contributed by atoms with E-state index in [0.29, 0.717) is 13.0 Å². The Morgan fingerprint density at radius 3 is 2.20 bits per heavy atom. The van der Waals surface area contributed by atoms with Gasteiger partial charge >= 0.3 is 0 Å². The van der Waals surface area contributed by atoms with Crippen molar-refractivity contribution in [1.29, 1.82) is 0 Å². The van der Waals surface area contributed by atoms with Gasteiger partial charge in [-0.05, 0) is 50.5 Å². The van der Waals surface area contributed by atoms with Crippen LogP contribution in [0.2, 0.25) is 0 Å². The molecule has 0 radical (unpaired) electrons. The van der Waals surface area contributed by atoms with Crippen molar-refractivity contribution < 1.29 is 13.2 Å². The second-order valence-corrected chi connectivity index (χ2v) is 6.52. The molecule has 1 aromatic carbocycles. The van der Waals surface area contributed by atoms with Gasteiger partial charge in [0.2, 0.25) is 10.0 Å². The van der Waals surface area contributed by atoms with E-state index in [1.165, 1.54) is 0 Å². The summed E-state index contributed by atoms with van der Waals surface area (Å²) in [5.41, 5.74) is 7.20. The molecule has 1 rings (SSSR count). The molecule has 0 amide bonds. The molecular weight excluding hydrogens is 300 g/mol. The molecule has 0 fully saturated rings. The third kappa shape index (κ3) is 4.94. The van der Waals surface area contributed by atoms with Crippen molar-refractivity contribution >= 4 is 22.4 Å². The van der Waals surface area contributed by atoms with Gasteiger partial charge < -0.3 is 10.5 Å². The number of benzene rings is 1. The predicted molar refractivity (Wildman–Crippen MR) is 83.2 cm³/mol. The number of sulfonamides is 1. The maximum atomic E-state index is 12.1. The lowest BCUT2D eigenvalue weighted by Crippen LogP contribution is -2.29. The van der Waals surface area contributed by atoms with E-state index in [1.807, 2.05) is 20.8 Å². The van der Waals surface area contributed by atoms with Crippen molar-refractivity contribution in [2.75, 3.05) is 13.7 Å². The molecule has 0 aliphatic heterocycles. The van der Waals surface area contributed by atoms with Gasteiger partial charge in [-0.25, -0.2) is 13.1 Å². The monoisotopic (exact) mass is 322 g/mol. The van der Waals surface area contributed by atoms with E-state index in [0.717, 1.165) is 16.9 Å². The van der Waals surface area contributed by atoms with Crippen LogP contribution in [0.15, 0.2) is 17.0 Å². The largest absolute Gasteiger partial charge is 0.496 e. The fourth-order valence-corrected chi connectivity index (χ4v) is 3.11. The molecule has 0 spiro atoms. The van der Waals surface area contributed by atoms with Gasteiger partial charge in [0, 0.05) is 12.6 Å². The van der Waals surface area contributed by atoms with Crippen molar-refractivity contribution in [2.24, 2.45) is 5.73 Å². The number of hydrogen-bond acceptors (Lipinski definition) is 4. The smallest absolute Gasteiger partial charge is 0.240 e. The summed E-state index contributed by atoms with van der Waals surface area (Å²) >= 11 is 0. The highest BCUT2D eigenvalue weighted by atomic mass is 35.5. The van der Waals surface area contributed by atoms with Gasteiger partial charge in [-0.3, -0.25) is 0 Å². The van der Waals surface area contributed by atoms with Crippen molar-refractivity contribution in [3.05, 3.63) is 23.3 Å². The van der Waals surface area contributed by atoms with Crippen LogP contribution in [-0.2, 0) is 10.0 Å². The van der Waals surface area contributed by atoms with Crippen molar-refractivity contribution in [3.8, 4) is 5.75 Å². The average molecular weight is 323 g/mol. The lowest BCUT2D eigenvalue weighted by atomic mass is 10.1. The number of hydrogen-bond donors (Lipinski definition) is 2. The van der Waals surface area contributed by atoms with Crippen LogP contribution in [0.4, 0.5) is 0 Å². The Morgan fingerprint density at radius 2 is 1.80 bits per heavy atom. The van der Waals surface area contributed by atoms with Crippen LogP contribution in [0.25, 0.3) is 0 Å². The Morgan fingerprint density at radius 1 is 1.30 bits per heavy atom. The zero-order valence-electron chi connectivity index (χ0n) is 12.3. The second-order valence-electron chi connectivity index (χ2n) is 4.75. The molecule has 1 atom stereocenters. The van der Waals surface area contributed by atoms with Crippen LogP contribution in [0, 0.1) is 13.8 Å². The number of ether oxygens (including phenoxy) is 1. The topological polar surface area (TPSA) is 81.4 Å². The first-order valence-corrected chi connectivity index (χ1v) is 7.66. The maximum Gasteiger partial charge on any atom is 0.240 e. The summed E-state index contributed by atoms with van der Waals surface area (Å²) in [5.74, 6) is 0.717. The Balaban J connectivity index is 0.00000361. The van der Waals surface area contributed by atoms with E-state index >= 15 is 0 Å². The third-order valence-electron chi connectivity index (χ3n) is 2.84. The Bertz CT molecular complexity index is 522. The molecule has 0 saturated heterocycles. The van der Waals surface area contributed by atoms with Crippen molar-refractivity contribution in [1.82, 2.24) is 4.72 Å². The molecular formula is C13H23ClN2O3S. The molecule has 3 N–H and O–H groups in total. The molecule has 116 valence electrons. The minimum atomic E-state index is -3.49. The zero-order valence-corrected chi connectivity index (χ0v) is 13.9. The predicted octanol–water partition coefficient (Wildman–Crippen LogP) is 1.75. The fraction of sp³-hybridized carbons (Fsp3) is 0.538. The highest BCUT2D eigenvalue weighted by molar-refractivity contribution is 7.89. The van der Waals surface area contributed by atoms with E-state index in [1.54, 1.807) is 19.2 Å². The normalized spacial score (nSPS) is 12.7. The summed E-state index contributed by atoms with van der Waals surface area (Å²) in [4.78, 5) is 0.257. The Kier molecular flexibility index (Phi) is 7.51. The van der Waals surface area contributed by atoms with Crippen LogP contribution in [0.3, 0.4) is 0 Å². The molecule has 0 heterocycles. The van der Waals surface area contributed by atoms with Gasteiger partial charge in [0.15, 0.2) is 0 Å². The van der Waals surface area contributed by atoms with Crippen LogP contribution >= 0.6 is 12.4 Å². The summed E-state index contributed by atoms with van der Waals surface area (Å²) in [7, 11) is -1.91. The lowest BCUT2D eigenvalue weighted by Gasteiger charge is -2.13. The molecule has 0 saturated carbocycles. The molecule has 1 aromatic rings. The van der Waals surface area contributed by atoms with Gasteiger partial charge in [0.25, 0.3) is 0 Å². The van der Waals surface area contributed by atoms with E-state index in [2.05, 4.69) is 4.72 Å². The minimum absolute atomic E-state index is 0. The lowest BCUT2D eigenvalue weighted by molar-refractivity contribution is 0.408. The quantitative estimate of drug-likeness (QED) is 0.836. The molecule has 7 heteroatoms. The van der Waals surface area contributed by atoms with Gasteiger partial charge in [0.05, 0.1) is 12.0 Å². The van der Waals surface area contributed by atoms with Crippen molar-refractivity contribution in [2.45, 2.75) is 38.1 Å². The van der Waals surface area contributed by atoms with E-state index in [-0.39, 0.29) is 23.3 Å². The van der Waals surface area contributed by atoms with E-state index in [9.17, 15) is 8.42 Å². The third-order valence-corrected chi connectivity index (χ3v) is 4.28. The zero-order chi connectivity index (χ0) is 14.6. The second kappa shape index (κ2) is 7.83. The van der Waals surface area contributed by atoms with Gasteiger partial charge in [-0.2, -0.15) is 0 Å².